The fraction of sp³-hybridized carbons (Fsp3) is 0.357. The van der Waals surface area contributed by atoms with E-state index >= 15 is 0 Å². The number of carbonyl (C=O) groups excluding carboxylic acids is 1. The van der Waals surface area contributed by atoms with Gasteiger partial charge in [0.25, 0.3) is 5.69 Å². The van der Waals surface area contributed by atoms with E-state index in [4.69, 9.17) is 0 Å². The Morgan fingerprint density at radius 2 is 2.21 bits per heavy atom. The minimum absolute atomic E-state index is 0.0796. The molecule has 19 heavy (non-hydrogen) atoms. The summed E-state index contributed by atoms with van der Waals surface area (Å²) >= 11 is 1.50. The predicted octanol–water partition coefficient (Wildman–Crippen LogP) is 4.09. The molecule has 5 heteroatoms. The van der Waals surface area contributed by atoms with E-state index in [9.17, 15) is 14.9 Å². The van der Waals surface area contributed by atoms with E-state index in [1.165, 1.54) is 30.8 Å². The highest BCUT2D eigenvalue weighted by Gasteiger charge is 2.14. The van der Waals surface area contributed by atoms with Crippen molar-refractivity contribution < 1.29 is 9.72 Å². The Bertz CT molecular complexity index is 497. The summed E-state index contributed by atoms with van der Waals surface area (Å²) < 4.78 is 0. The number of nitrogens with zero attached hydrogens (tertiary/aromatic N) is 1. The summed E-state index contributed by atoms with van der Waals surface area (Å²) in [5, 5.41) is 11.0. The molecule has 1 aromatic carbocycles. The van der Waals surface area contributed by atoms with Crippen LogP contribution in [0.25, 0.3) is 6.08 Å². The van der Waals surface area contributed by atoms with E-state index in [1.807, 2.05) is 0 Å². The number of nitro benzene ring substituents is 1. The number of rotatable bonds is 7. The molecule has 0 aliphatic carbocycles. The molecule has 0 fully saturated rings. The minimum atomic E-state index is -0.376. The Hall–Kier alpha value is -1.62. The molecule has 0 aliphatic heterocycles. The molecule has 0 amide bonds. The van der Waals surface area contributed by atoms with Gasteiger partial charge >= 0.3 is 0 Å². The lowest BCUT2D eigenvalue weighted by molar-refractivity contribution is -0.387. The molecule has 0 N–H and O–H groups in total. The normalized spacial score (nSPS) is 10.8. The lowest BCUT2D eigenvalue weighted by Gasteiger charge is -2.03. The number of hydrogen-bond donors (Lipinski definition) is 0. The molecule has 0 aromatic heterocycles. The van der Waals surface area contributed by atoms with Crippen LogP contribution in [-0.4, -0.2) is 16.5 Å². The molecule has 0 saturated heterocycles. The van der Waals surface area contributed by atoms with Gasteiger partial charge in [0.15, 0.2) is 5.78 Å². The van der Waals surface area contributed by atoms with Crippen LogP contribution in [0.2, 0.25) is 0 Å². The van der Waals surface area contributed by atoms with Crippen LogP contribution in [0.15, 0.2) is 29.2 Å². The highest BCUT2D eigenvalue weighted by Crippen LogP contribution is 2.31. The summed E-state index contributed by atoms with van der Waals surface area (Å²) in [4.78, 5) is 22.2. The summed E-state index contributed by atoms with van der Waals surface area (Å²) in [6.45, 7) is 3.53. The van der Waals surface area contributed by atoms with Crippen LogP contribution in [0.5, 0.6) is 0 Å². The number of thioether (sulfide) groups is 1. The third-order valence-electron chi connectivity index (χ3n) is 2.45. The van der Waals surface area contributed by atoms with Crippen molar-refractivity contribution in [3.8, 4) is 0 Å². The molecule has 1 aromatic rings. The van der Waals surface area contributed by atoms with E-state index in [1.54, 1.807) is 18.2 Å². The van der Waals surface area contributed by atoms with Crippen LogP contribution in [-0.2, 0) is 4.79 Å². The highest BCUT2D eigenvalue weighted by molar-refractivity contribution is 7.99. The summed E-state index contributed by atoms with van der Waals surface area (Å²) in [7, 11) is 0. The lowest BCUT2D eigenvalue weighted by atomic mass is 10.2. The van der Waals surface area contributed by atoms with Crippen molar-refractivity contribution in [3.05, 3.63) is 40.0 Å². The molecule has 0 aliphatic rings. The highest BCUT2D eigenvalue weighted by atomic mass is 32.2. The lowest BCUT2D eigenvalue weighted by Crippen LogP contribution is -1.92. The van der Waals surface area contributed by atoms with Crippen LogP contribution in [0.3, 0.4) is 0 Å². The third-order valence-corrected chi connectivity index (χ3v) is 3.59. The van der Waals surface area contributed by atoms with Crippen molar-refractivity contribution in [2.75, 3.05) is 5.75 Å². The molecule has 0 spiro atoms. The van der Waals surface area contributed by atoms with E-state index in [-0.39, 0.29) is 16.4 Å². The number of unbranched alkanes of at least 4 members (excludes halogenated alkanes) is 1. The zero-order valence-electron chi connectivity index (χ0n) is 11.1. The molecule has 0 bridgehead atoms. The van der Waals surface area contributed by atoms with Gasteiger partial charge < -0.3 is 0 Å². The van der Waals surface area contributed by atoms with E-state index in [2.05, 4.69) is 6.92 Å². The maximum atomic E-state index is 11.0. The number of benzene rings is 1. The average molecular weight is 279 g/mol. The SMILES string of the molecule is CCCCSc1ccc(C=CC(C)=O)cc1[N+](=O)[O-]. The monoisotopic (exact) mass is 279 g/mol. The van der Waals surface area contributed by atoms with E-state index in [0.29, 0.717) is 10.5 Å². The second-order valence-electron chi connectivity index (χ2n) is 4.13. The first-order chi connectivity index (χ1) is 9.04. The molecular weight excluding hydrogens is 262 g/mol. The first kappa shape index (κ1) is 15.4. The summed E-state index contributed by atoms with van der Waals surface area (Å²) in [5.74, 6) is 0.795. The molecule has 102 valence electrons. The van der Waals surface area contributed by atoms with Gasteiger partial charge in [0, 0.05) is 6.07 Å². The minimum Gasteiger partial charge on any atom is -0.295 e. The molecule has 0 heterocycles. The van der Waals surface area contributed by atoms with Crippen LogP contribution < -0.4 is 0 Å². The fourth-order valence-electron chi connectivity index (χ4n) is 1.44. The molecule has 4 nitrogen and oxygen atoms in total. The van der Waals surface area contributed by atoms with Gasteiger partial charge in [-0.1, -0.05) is 25.5 Å². The maximum absolute atomic E-state index is 11.0. The van der Waals surface area contributed by atoms with Crippen molar-refractivity contribution in [1.29, 1.82) is 0 Å². The van der Waals surface area contributed by atoms with Gasteiger partial charge in [0.1, 0.15) is 0 Å². The molecular formula is C14H17NO3S. The Kier molecular flexibility index (Phi) is 6.29. The van der Waals surface area contributed by atoms with Gasteiger partial charge in [0.05, 0.1) is 9.82 Å². The maximum Gasteiger partial charge on any atom is 0.283 e. The average Bonchev–Trinajstić information content (AvgIpc) is 2.37. The standard InChI is InChI=1S/C14H17NO3S/c1-3-4-9-19-14-8-7-12(6-5-11(2)16)10-13(14)15(17)18/h5-8,10H,3-4,9H2,1-2H3. The topological polar surface area (TPSA) is 60.2 Å². The van der Waals surface area contributed by atoms with Crippen molar-refractivity contribution in [2.45, 2.75) is 31.6 Å². The third kappa shape index (κ3) is 5.26. The molecule has 0 unspecified atom stereocenters. The van der Waals surface area contributed by atoms with Crippen molar-refractivity contribution in [3.63, 3.8) is 0 Å². The zero-order valence-corrected chi connectivity index (χ0v) is 11.9. The van der Waals surface area contributed by atoms with Gasteiger partial charge in [-0.05, 0) is 36.8 Å². The zero-order chi connectivity index (χ0) is 14.3. The van der Waals surface area contributed by atoms with Gasteiger partial charge in [-0.2, -0.15) is 0 Å². The van der Waals surface area contributed by atoms with Crippen LogP contribution in [0.1, 0.15) is 32.3 Å². The van der Waals surface area contributed by atoms with Crippen LogP contribution in [0, 0.1) is 10.1 Å². The van der Waals surface area contributed by atoms with E-state index in [0.717, 1.165) is 18.6 Å². The number of nitro groups is 1. The van der Waals surface area contributed by atoms with Crippen LogP contribution in [0.4, 0.5) is 5.69 Å². The number of carbonyl (C=O) groups is 1. The number of hydrogen-bond acceptors (Lipinski definition) is 4. The first-order valence-electron chi connectivity index (χ1n) is 6.14. The van der Waals surface area contributed by atoms with Gasteiger partial charge in [-0.3, -0.25) is 14.9 Å². The quantitative estimate of drug-likeness (QED) is 0.248. The van der Waals surface area contributed by atoms with Gasteiger partial charge in [0.2, 0.25) is 0 Å². The molecule has 0 atom stereocenters. The smallest absolute Gasteiger partial charge is 0.283 e. The van der Waals surface area contributed by atoms with E-state index < -0.39 is 0 Å². The van der Waals surface area contributed by atoms with Crippen LogP contribution >= 0.6 is 11.8 Å². The van der Waals surface area contributed by atoms with Crippen molar-refractivity contribution >= 4 is 29.3 Å². The Labute approximate surface area is 117 Å². The fourth-order valence-corrected chi connectivity index (χ4v) is 2.54. The van der Waals surface area contributed by atoms with Crippen molar-refractivity contribution in [1.82, 2.24) is 0 Å². The summed E-state index contributed by atoms with van der Waals surface area (Å²) in [6, 6.07) is 5.05. The Morgan fingerprint density at radius 1 is 1.47 bits per heavy atom. The first-order valence-corrected chi connectivity index (χ1v) is 7.13. The van der Waals surface area contributed by atoms with Crippen molar-refractivity contribution in [2.24, 2.45) is 0 Å². The Balaban J connectivity index is 2.94. The molecule has 0 radical (unpaired) electrons. The predicted molar refractivity (Wildman–Crippen MR) is 78.4 cm³/mol. The Morgan fingerprint density at radius 3 is 2.79 bits per heavy atom. The number of allylic oxidation sites excluding steroid dienone is 1. The van der Waals surface area contributed by atoms with Gasteiger partial charge in [-0.15, -0.1) is 11.8 Å². The molecule has 0 saturated carbocycles. The second kappa shape index (κ2) is 7.74. The number of ketones is 1. The summed E-state index contributed by atoms with van der Waals surface area (Å²) in [6.07, 6.45) is 5.10. The second-order valence-corrected chi connectivity index (χ2v) is 5.27. The summed E-state index contributed by atoms with van der Waals surface area (Å²) in [5.41, 5.74) is 0.772. The van der Waals surface area contributed by atoms with Gasteiger partial charge in [-0.25, -0.2) is 0 Å². The largest absolute Gasteiger partial charge is 0.295 e. The molecule has 1 rings (SSSR count).